The summed E-state index contributed by atoms with van der Waals surface area (Å²) in [7, 11) is 1.60. The van der Waals surface area contributed by atoms with Gasteiger partial charge in [0.05, 0.1) is 12.1 Å². The first-order valence-corrected chi connectivity index (χ1v) is 4.01. The fourth-order valence-electron chi connectivity index (χ4n) is 0.657. The minimum Gasteiger partial charge on any atom is -0.375 e. The summed E-state index contributed by atoms with van der Waals surface area (Å²) < 4.78 is 0. The van der Waals surface area contributed by atoms with Crippen LogP contribution < -0.4 is 11.1 Å². The average Bonchev–Trinajstić information content (AvgIpc) is 2.35. The molecule has 0 saturated carbocycles. The van der Waals surface area contributed by atoms with Crippen LogP contribution in [0.25, 0.3) is 0 Å². The van der Waals surface area contributed by atoms with Gasteiger partial charge in [0.2, 0.25) is 5.91 Å². The number of nitrogens with zero attached hydrogens (tertiary/aromatic N) is 1. The van der Waals surface area contributed by atoms with Crippen LogP contribution in [0.2, 0.25) is 0 Å². The summed E-state index contributed by atoms with van der Waals surface area (Å²) in [6.07, 6.45) is 0.310. The van der Waals surface area contributed by atoms with Crippen molar-refractivity contribution in [2.24, 2.45) is 0 Å². The lowest BCUT2D eigenvalue weighted by atomic mass is 10.3. The molecule has 4 nitrogen and oxygen atoms in total. The van der Waals surface area contributed by atoms with Crippen molar-refractivity contribution < 1.29 is 4.79 Å². The smallest absolute Gasteiger partial charge is 0.225 e. The summed E-state index contributed by atoms with van der Waals surface area (Å²) in [6, 6.07) is 0. The van der Waals surface area contributed by atoms with E-state index in [4.69, 9.17) is 5.73 Å². The van der Waals surface area contributed by atoms with Crippen LogP contribution in [-0.4, -0.2) is 17.9 Å². The number of rotatable bonds is 2. The molecule has 0 aliphatic heterocycles. The van der Waals surface area contributed by atoms with Crippen molar-refractivity contribution in [3.05, 3.63) is 11.1 Å². The van der Waals surface area contributed by atoms with E-state index in [-0.39, 0.29) is 5.91 Å². The van der Waals surface area contributed by atoms with Crippen LogP contribution >= 0.6 is 11.3 Å². The summed E-state index contributed by atoms with van der Waals surface area (Å²) in [6.45, 7) is 0. The van der Waals surface area contributed by atoms with Crippen LogP contribution in [0.15, 0.2) is 5.38 Å². The number of anilines is 1. The molecule has 1 aromatic heterocycles. The fourth-order valence-corrected chi connectivity index (χ4v) is 1.22. The topological polar surface area (TPSA) is 68.0 Å². The maximum atomic E-state index is 10.8. The lowest BCUT2D eigenvalue weighted by molar-refractivity contribution is -0.119. The number of amides is 1. The summed E-state index contributed by atoms with van der Waals surface area (Å²) in [5.41, 5.74) is 6.10. The van der Waals surface area contributed by atoms with E-state index in [1.54, 1.807) is 12.4 Å². The molecule has 0 aromatic carbocycles. The van der Waals surface area contributed by atoms with Crippen molar-refractivity contribution >= 4 is 22.4 Å². The van der Waals surface area contributed by atoms with Gasteiger partial charge in [0.15, 0.2) is 5.13 Å². The molecular formula is C6H9N3OS. The zero-order valence-electron chi connectivity index (χ0n) is 6.13. The van der Waals surface area contributed by atoms with Gasteiger partial charge in [0.1, 0.15) is 0 Å². The Hall–Kier alpha value is -1.10. The zero-order chi connectivity index (χ0) is 8.27. The van der Waals surface area contributed by atoms with E-state index >= 15 is 0 Å². The maximum Gasteiger partial charge on any atom is 0.225 e. The Bertz CT molecular complexity index is 258. The zero-order valence-corrected chi connectivity index (χ0v) is 6.94. The predicted octanol–water partition coefficient (Wildman–Crippen LogP) is 0.0138. The highest BCUT2D eigenvalue weighted by Crippen LogP contribution is 2.10. The van der Waals surface area contributed by atoms with Crippen LogP contribution in [0.4, 0.5) is 5.13 Å². The number of aromatic nitrogens is 1. The first-order chi connectivity index (χ1) is 5.22. The summed E-state index contributed by atoms with van der Waals surface area (Å²) in [5, 5.41) is 4.79. The molecule has 1 amide bonds. The Morgan fingerprint density at radius 1 is 1.91 bits per heavy atom. The molecule has 0 radical (unpaired) electrons. The minimum absolute atomic E-state index is 0.0460. The second-order valence-electron chi connectivity index (χ2n) is 2.03. The molecule has 5 heteroatoms. The van der Waals surface area contributed by atoms with Gasteiger partial charge in [-0.1, -0.05) is 0 Å². The first kappa shape index (κ1) is 8.00. The Morgan fingerprint density at radius 2 is 2.64 bits per heavy atom. The minimum atomic E-state index is -0.0460. The van der Waals surface area contributed by atoms with Crippen molar-refractivity contribution in [1.82, 2.24) is 10.3 Å². The highest BCUT2D eigenvalue weighted by molar-refractivity contribution is 7.13. The second-order valence-corrected chi connectivity index (χ2v) is 2.92. The molecule has 0 aliphatic carbocycles. The van der Waals surface area contributed by atoms with E-state index in [0.717, 1.165) is 5.69 Å². The van der Waals surface area contributed by atoms with E-state index in [1.165, 1.54) is 11.3 Å². The average molecular weight is 171 g/mol. The van der Waals surface area contributed by atoms with Gasteiger partial charge in [-0.25, -0.2) is 4.98 Å². The maximum absolute atomic E-state index is 10.8. The predicted molar refractivity (Wildman–Crippen MR) is 44.3 cm³/mol. The molecule has 3 N–H and O–H groups in total. The molecule has 11 heavy (non-hydrogen) atoms. The number of hydrogen-bond donors (Lipinski definition) is 2. The fraction of sp³-hybridized carbons (Fsp3) is 0.333. The van der Waals surface area contributed by atoms with E-state index in [2.05, 4.69) is 10.3 Å². The van der Waals surface area contributed by atoms with Crippen molar-refractivity contribution in [1.29, 1.82) is 0 Å². The van der Waals surface area contributed by atoms with Gasteiger partial charge in [0.25, 0.3) is 0 Å². The van der Waals surface area contributed by atoms with Gasteiger partial charge in [0, 0.05) is 12.4 Å². The standard InChI is InChI=1S/C6H9N3OS/c1-8-5(10)2-4-3-11-6(7)9-4/h3H,2H2,1H3,(H2,7,9)(H,8,10). The Morgan fingerprint density at radius 3 is 3.09 bits per heavy atom. The molecule has 0 aliphatic rings. The van der Waals surface area contributed by atoms with E-state index in [1.807, 2.05) is 0 Å². The third kappa shape index (κ3) is 2.19. The normalized spacial score (nSPS) is 9.55. The van der Waals surface area contributed by atoms with Gasteiger partial charge in [-0.15, -0.1) is 11.3 Å². The van der Waals surface area contributed by atoms with Gasteiger partial charge in [-0.2, -0.15) is 0 Å². The van der Waals surface area contributed by atoms with Crippen LogP contribution in [0.5, 0.6) is 0 Å². The Labute approximate surface area is 68.4 Å². The number of nitrogens with one attached hydrogen (secondary N) is 1. The molecule has 0 unspecified atom stereocenters. The van der Waals surface area contributed by atoms with Crippen LogP contribution in [0, 0.1) is 0 Å². The molecular weight excluding hydrogens is 162 g/mol. The Balaban J connectivity index is 2.57. The SMILES string of the molecule is CNC(=O)Cc1csc(N)n1. The highest BCUT2D eigenvalue weighted by atomic mass is 32.1. The van der Waals surface area contributed by atoms with E-state index in [0.29, 0.717) is 11.6 Å². The number of hydrogen-bond acceptors (Lipinski definition) is 4. The van der Waals surface area contributed by atoms with Gasteiger partial charge in [-0.05, 0) is 0 Å². The van der Waals surface area contributed by atoms with Crippen molar-refractivity contribution in [2.75, 3.05) is 12.8 Å². The molecule has 60 valence electrons. The third-order valence-corrected chi connectivity index (χ3v) is 1.91. The second kappa shape index (κ2) is 3.34. The van der Waals surface area contributed by atoms with E-state index in [9.17, 15) is 4.79 Å². The summed E-state index contributed by atoms with van der Waals surface area (Å²) >= 11 is 1.34. The first-order valence-electron chi connectivity index (χ1n) is 3.13. The largest absolute Gasteiger partial charge is 0.375 e. The van der Waals surface area contributed by atoms with E-state index < -0.39 is 0 Å². The molecule has 0 fully saturated rings. The van der Waals surface area contributed by atoms with Crippen molar-refractivity contribution in [2.45, 2.75) is 6.42 Å². The van der Waals surface area contributed by atoms with Gasteiger partial charge < -0.3 is 11.1 Å². The number of likely N-dealkylation sites (N-methyl/N-ethyl adjacent to an activating group) is 1. The van der Waals surface area contributed by atoms with Gasteiger partial charge in [-0.3, -0.25) is 4.79 Å². The molecule has 1 rings (SSSR count). The number of nitrogen functional groups attached to an aromatic ring is 1. The molecule has 0 spiro atoms. The van der Waals surface area contributed by atoms with Crippen molar-refractivity contribution in [3.8, 4) is 0 Å². The number of thiazole rings is 1. The lowest BCUT2D eigenvalue weighted by Crippen LogP contribution is -2.20. The monoisotopic (exact) mass is 171 g/mol. The number of carbonyl (C=O) groups excluding carboxylic acids is 1. The van der Waals surface area contributed by atoms with Crippen molar-refractivity contribution in [3.63, 3.8) is 0 Å². The summed E-state index contributed by atoms with van der Waals surface area (Å²) in [5.74, 6) is -0.0460. The molecule has 0 saturated heterocycles. The summed E-state index contributed by atoms with van der Waals surface area (Å²) in [4.78, 5) is 14.7. The van der Waals surface area contributed by atoms with Gasteiger partial charge >= 0.3 is 0 Å². The highest BCUT2D eigenvalue weighted by Gasteiger charge is 2.03. The third-order valence-electron chi connectivity index (χ3n) is 1.19. The number of carbonyl (C=O) groups is 1. The quantitative estimate of drug-likeness (QED) is 0.658. The molecule has 1 heterocycles. The molecule has 1 aromatic rings. The number of nitrogens with two attached hydrogens (primary N) is 1. The Kier molecular flexibility index (Phi) is 2.43. The molecule has 0 atom stereocenters. The lowest BCUT2D eigenvalue weighted by Gasteiger charge is -1.93. The van der Waals surface area contributed by atoms with Crippen LogP contribution in [-0.2, 0) is 11.2 Å². The van der Waals surface area contributed by atoms with Crippen LogP contribution in [0.1, 0.15) is 5.69 Å². The molecule has 0 bridgehead atoms. The van der Waals surface area contributed by atoms with Crippen LogP contribution in [0.3, 0.4) is 0 Å².